The molecule has 1 N–H and O–H groups in total. The van der Waals surface area contributed by atoms with Gasteiger partial charge in [-0.2, -0.15) is 4.80 Å². The van der Waals surface area contributed by atoms with Crippen molar-refractivity contribution in [3.63, 3.8) is 0 Å². The largest absolute Gasteiger partial charge is 0.342 e. The van der Waals surface area contributed by atoms with E-state index in [2.05, 4.69) is 45.2 Å². The molecule has 2 aromatic rings. The number of aromatic nitrogens is 5. The van der Waals surface area contributed by atoms with Crippen LogP contribution in [0, 0.1) is 5.92 Å². The Balaban J connectivity index is 1.95. The van der Waals surface area contributed by atoms with Gasteiger partial charge in [0.2, 0.25) is 0 Å². The molecule has 6 heteroatoms. The molecule has 0 aliphatic carbocycles. The molecule has 0 bridgehead atoms. The Morgan fingerprint density at radius 1 is 1.39 bits per heavy atom. The number of nitrogens with zero attached hydrogens (tertiary/aromatic N) is 5. The average molecular weight is 248 g/mol. The predicted molar refractivity (Wildman–Crippen MR) is 68.9 cm³/mol. The maximum Gasteiger partial charge on any atom is 0.194 e. The van der Waals surface area contributed by atoms with Crippen molar-refractivity contribution < 1.29 is 0 Å². The van der Waals surface area contributed by atoms with Gasteiger partial charge in [-0.1, -0.05) is 13.8 Å². The Morgan fingerprint density at radius 2 is 2.22 bits per heavy atom. The smallest absolute Gasteiger partial charge is 0.194 e. The minimum atomic E-state index is 0.662. The third kappa shape index (κ3) is 3.40. The van der Waals surface area contributed by atoms with Gasteiger partial charge < -0.3 is 9.88 Å². The van der Waals surface area contributed by atoms with Crippen LogP contribution in [-0.2, 0) is 20.1 Å². The minimum Gasteiger partial charge on any atom is -0.342 e. The van der Waals surface area contributed by atoms with Crippen molar-refractivity contribution in [2.24, 2.45) is 13.0 Å². The van der Waals surface area contributed by atoms with Crippen LogP contribution in [0.5, 0.6) is 0 Å². The van der Waals surface area contributed by atoms with Crippen LogP contribution in [0.4, 0.5) is 0 Å². The van der Waals surface area contributed by atoms with E-state index >= 15 is 0 Å². The monoisotopic (exact) mass is 248 g/mol. The molecule has 0 aliphatic rings. The maximum absolute atomic E-state index is 4.19. The van der Waals surface area contributed by atoms with Crippen LogP contribution in [0.25, 0.3) is 0 Å². The average Bonchev–Trinajstić information content (AvgIpc) is 2.89. The van der Waals surface area contributed by atoms with Gasteiger partial charge in [0.1, 0.15) is 0 Å². The van der Waals surface area contributed by atoms with E-state index in [9.17, 15) is 0 Å². The van der Waals surface area contributed by atoms with Gasteiger partial charge in [0.05, 0.1) is 13.6 Å². The Hall–Kier alpha value is -1.69. The molecule has 6 nitrogen and oxygen atoms in total. The molecule has 0 saturated carbocycles. The molecular formula is C12H20N6. The summed E-state index contributed by atoms with van der Waals surface area (Å²) in [6.45, 7) is 6.96. The molecule has 0 saturated heterocycles. The minimum absolute atomic E-state index is 0.662. The molecular weight excluding hydrogens is 228 g/mol. The van der Waals surface area contributed by atoms with Crippen LogP contribution in [0.15, 0.2) is 18.3 Å². The molecule has 2 aromatic heterocycles. The van der Waals surface area contributed by atoms with Gasteiger partial charge >= 0.3 is 0 Å². The number of hydrogen-bond acceptors (Lipinski definition) is 4. The Morgan fingerprint density at radius 3 is 2.89 bits per heavy atom. The van der Waals surface area contributed by atoms with Crippen LogP contribution < -0.4 is 5.32 Å². The molecule has 2 rings (SSSR count). The molecule has 2 heterocycles. The summed E-state index contributed by atoms with van der Waals surface area (Å²) in [5, 5.41) is 15.5. The summed E-state index contributed by atoms with van der Waals surface area (Å²) < 4.78 is 2.14. The lowest BCUT2D eigenvalue weighted by Crippen LogP contribution is -2.21. The summed E-state index contributed by atoms with van der Waals surface area (Å²) in [7, 11) is 1.78. The Kier molecular flexibility index (Phi) is 4.09. The third-order valence-corrected chi connectivity index (χ3v) is 2.64. The van der Waals surface area contributed by atoms with E-state index in [1.165, 1.54) is 10.5 Å². The van der Waals surface area contributed by atoms with Crippen molar-refractivity contribution in [2.75, 3.05) is 6.54 Å². The quantitative estimate of drug-likeness (QED) is 0.821. The van der Waals surface area contributed by atoms with Gasteiger partial charge in [-0.05, 0) is 29.8 Å². The van der Waals surface area contributed by atoms with Gasteiger partial charge in [0.25, 0.3) is 0 Å². The Labute approximate surface area is 107 Å². The lowest BCUT2D eigenvalue weighted by molar-refractivity contribution is 0.537. The number of hydrogen-bond donors (Lipinski definition) is 1. The van der Waals surface area contributed by atoms with Crippen molar-refractivity contribution in [1.82, 2.24) is 30.1 Å². The van der Waals surface area contributed by atoms with Crippen LogP contribution in [0.2, 0.25) is 0 Å². The van der Waals surface area contributed by atoms with E-state index in [0.29, 0.717) is 12.5 Å². The first-order valence-electron chi connectivity index (χ1n) is 6.22. The molecule has 0 radical (unpaired) electrons. The molecule has 0 spiro atoms. The number of aryl methyl sites for hydroxylation is 1. The first-order valence-corrected chi connectivity index (χ1v) is 6.22. The zero-order valence-corrected chi connectivity index (χ0v) is 11.2. The highest BCUT2D eigenvalue weighted by atomic mass is 15.6. The van der Waals surface area contributed by atoms with Crippen molar-refractivity contribution in [1.29, 1.82) is 0 Å². The summed E-state index contributed by atoms with van der Waals surface area (Å²) in [6.07, 6.45) is 2.04. The first-order chi connectivity index (χ1) is 8.65. The fourth-order valence-corrected chi connectivity index (χ4v) is 1.79. The van der Waals surface area contributed by atoms with Crippen LogP contribution in [0.3, 0.4) is 0 Å². The number of rotatable bonds is 6. The summed E-state index contributed by atoms with van der Waals surface area (Å²) in [4.78, 5) is 1.48. The van der Waals surface area contributed by atoms with Crippen LogP contribution in [0.1, 0.15) is 25.4 Å². The van der Waals surface area contributed by atoms with E-state index in [1.807, 2.05) is 12.3 Å². The van der Waals surface area contributed by atoms with Gasteiger partial charge in [0.15, 0.2) is 5.82 Å². The second kappa shape index (κ2) is 5.77. The second-order valence-electron chi connectivity index (χ2n) is 4.85. The van der Waals surface area contributed by atoms with Crippen molar-refractivity contribution in [3.8, 4) is 0 Å². The lowest BCUT2D eigenvalue weighted by atomic mass is 10.2. The molecule has 0 atom stereocenters. The lowest BCUT2D eigenvalue weighted by Gasteiger charge is -2.10. The van der Waals surface area contributed by atoms with Gasteiger partial charge in [-0.25, -0.2) is 0 Å². The molecule has 0 aliphatic heterocycles. The normalized spacial score (nSPS) is 11.3. The molecule has 98 valence electrons. The predicted octanol–water partition coefficient (Wildman–Crippen LogP) is 0.805. The zero-order valence-electron chi connectivity index (χ0n) is 11.2. The molecule has 0 amide bonds. The molecule has 18 heavy (non-hydrogen) atoms. The maximum atomic E-state index is 4.19. The molecule has 0 aromatic carbocycles. The van der Waals surface area contributed by atoms with Crippen LogP contribution >= 0.6 is 0 Å². The Bertz CT molecular complexity index is 484. The zero-order chi connectivity index (χ0) is 13.0. The summed E-state index contributed by atoms with van der Waals surface area (Å²) in [5.41, 5.74) is 1.24. The standard InChI is InChI=1S/C12H20N6/c1-10(2)7-13-8-11-5-4-6-18(11)9-12-14-16-17(3)15-12/h4-6,10,13H,7-9H2,1-3H3. The summed E-state index contributed by atoms with van der Waals surface area (Å²) in [5.74, 6) is 1.40. The highest BCUT2D eigenvalue weighted by Crippen LogP contribution is 2.04. The summed E-state index contributed by atoms with van der Waals surface area (Å²) >= 11 is 0. The number of tetrazole rings is 1. The van der Waals surface area contributed by atoms with E-state index in [-0.39, 0.29) is 0 Å². The fraction of sp³-hybridized carbons (Fsp3) is 0.583. The van der Waals surface area contributed by atoms with E-state index in [0.717, 1.165) is 18.9 Å². The van der Waals surface area contributed by atoms with Crippen molar-refractivity contribution in [2.45, 2.75) is 26.9 Å². The first kappa shape index (κ1) is 12.8. The molecule has 0 fully saturated rings. The van der Waals surface area contributed by atoms with Crippen molar-refractivity contribution >= 4 is 0 Å². The third-order valence-electron chi connectivity index (χ3n) is 2.64. The van der Waals surface area contributed by atoms with Gasteiger partial charge in [-0.3, -0.25) is 0 Å². The van der Waals surface area contributed by atoms with E-state index in [4.69, 9.17) is 0 Å². The second-order valence-corrected chi connectivity index (χ2v) is 4.85. The van der Waals surface area contributed by atoms with Crippen molar-refractivity contribution in [3.05, 3.63) is 29.8 Å². The van der Waals surface area contributed by atoms with E-state index < -0.39 is 0 Å². The number of nitrogens with one attached hydrogen (secondary N) is 1. The topological polar surface area (TPSA) is 60.6 Å². The molecule has 0 unspecified atom stereocenters. The van der Waals surface area contributed by atoms with Gasteiger partial charge in [-0.15, -0.1) is 10.2 Å². The van der Waals surface area contributed by atoms with Crippen LogP contribution in [-0.4, -0.2) is 31.3 Å². The van der Waals surface area contributed by atoms with Gasteiger partial charge in [0, 0.05) is 18.4 Å². The fourth-order valence-electron chi connectivity index (χ4n) is 1.79. The highest BCUT2D eigenvalue weighted by molar-refractivity contribution is 5.08. The van der Waals surface area contributed by atoms with E-state index in [1.54, 1.807) is 7.05 Å². The highest BCUT2D eigenvalue weighted by Gasteiger charge is 2.05. The summed E-state index contributed by atoms with van der Waals surface area (Å²) in [6, 6.07) is 4.16. The SMILES string of the molecule is CC(C)CNCc1cccn1Cc1nnn(C)n1.